The highest BCUT2D eigenvalue weighted by Crippen LogP contribution is 2.32. The summed E-state index contributed by atoms with van der Waals surface area (Å²) in [6.45, 7) is 1.99. The van der Waals surface area contributed by atoms with E-state index in [0.717, 1.165) is 20.3 Å². The molecular formula is C18H15Cl2N3O2S3. The molecule has 5 nitrogen and oxygen atoms in total. The van der Waals surface area contributed by atoms with Crippen molar-refractivity contribution in [2.24, 2.45) is 0 Å². The molecule has 0 aliphatic carbocycles. The third-order valence-electron chi connectivity index (χ3n) is 3.43. The van der Waals surface area contributed by atoms with E-state index in [-0.39, 0.29) is 17.6 Å². The van der Waals surface area contributed by atoms with E-state index in [1.165, 1.54) is 30.0 Å². The smallest absolute Gasteiger partial charge is 0.236 e. The van der Waals surface area contributed by atoms with Crippen LogP contribution in [0.5, 0.6) is 0 Å². The number of rotatable bonds is 7. The summed E-state index contributed by atoms with van der Waals surface area (Å²) in [6, 6.07) is 9.06. The van der Waals surface area contributed by atoms with E-state index in [4.69, 9.17) is 23.2 Å². The lowest BCUT2D eigenvalue weighted by Gasteiger charge is -2.04. The van der Waals surface area contributed by atoms with Gasteiger partial charge in [-0.25, -0.2) is 4.98 Å². The van der Waals surface area contributed by atoms with Crippen LogP contribution in [0.2, 0.25) is 10.0 Å². The van der Waals surface area contributed by atoms with Crippen LogP contribution in [0.3, 0.4) is 0 Å². The van der Waals surface area contributed by atoms with Crippen LogP contribution in [0.15, 0.2) is 40.6 Å². The highest BCUT2D eigenvalue weighted by Gasteiger charge is 2.11. The second-order valence-electron chi connectivity index (χ2n) is 5.63. The number of anilines is 1. The third-order valence-corrected chi connectivity index (χ3v) is 7.03. The van der Waals surface area contributed by atoms with E-state index < -0.39 is 0 Å². The zero-order valence-electron chi connectivity index (χ0n) is 14.6. The molecule has 2 amide bonds. The average molecular weight is 472 g/mol. The molecule has 0 atom stereocenters. The van der Waals surface area contributed by atoms with Crippen molar-refractivity contribution in [1.82, 2.24) is 10.3 Å². The van der Waals surface area contributed by atoms with E-state index in [1.807, 2.05) is 17.5 Å². The maximum absolute atomic E-state index is 12.2. The van der Waals surface area contributed by atoms with Gasteiger partial charge in [0.1, 0.15) is 0 Å². The molecule has 0 unspecified atom stereocenters. The summed E-state index contributed by atoms with van der Waals surface area (Å²) in [5.74, 6) is -0.0283. The summed E-state index contributed by atoms with van der Waals surface area (Å²) >= 11 is 16.3. The Morgan fingerprint density at radius 2 is 2.04 bits per heavy atom. The summed E-state index contributed by atoms with van der Waals surface area (Å²) < 4.78 is 0. The summed E-state index contributed by atoms with van der Waals surface area (Å²) in [4.78, 5) is 30.5. The zero-order valence-corrected chi connectivity index (χ0v) is 18.6. The standard InChI is InChI=1S/C18H15Cl2N3O2S3/c1-10(24)21-7-12-3-5-15(28-12)14-8-27-18(22-14)23-17(25)9-26-16-6-11(19)2-4-13(16)20/h2-6,8H,7,9H2,1H3,(H,21,24)(H,22,23,25). The number of nitrogens with one attached hydrogen (secondary N) is 2. The Hall–Kier alpha value is -1.58. The first kappa shape index (κ1) is 21.1. The predicted octanol–water partition coefficient (Wildman–Crippen LogP) is 5.55. The summed E-state index contributed by atoms with van der Waals surface area (Å²) in [7, 11) is 0. The number of carbonyl (C=O) groups is 2. The van der Waals surface area contributed by atoms with Gasteiger partial charge in [0.25, 0.3) is 0 Å². The number of nitrogens with zero attached hydrogens (tertiary/aromatic N) is 1. The molecule has 3 rings (SSSR count). The average Bonchev–Trinajstić information content (AvgIpc) is 3.30. The largest absolute Gasteiger partial charge is 0.351 e. The monoisotopic (exact) mass is 471 g/mol. The van der Waals surface area contributed by atoms with Gasteiger partial charge in [-0.3, -0.25) is 9.59 Å². The number of hydrogen-bond donors (Lipinski definition) is 2. The molecule has 1 aromatic carbocycles. The highest BCUT2D eigenvalue weighted by molar-refractivity contribution is 8.00. The molecule has 0 radical (unpaired) electrons. The first-order valence-electron chi connectivity index (χ1n) is 8.07. The second kappa shape index (κ2) is 9.76. The molecule has 0 bridgehead atoms. The van der Waals surface area contributed by atoms with Gasteiger partial charge in [0.15, 0.2) is 5.13 Å². The van der Waals surface area contributed by atoms with E-state index in [0.29, 0.717) is 21.7 Å². The quantitative estimate of drug-likeness (QED) is 0.443. The molecule has 2 heterocycles. The fourth-order valence-corrected chi connectivity index (χ4v) is 5.16. The van der Waals surface area contributed by atoms with E-state index in [2.05, 4.69) is 15.6 Å². The van der Waals surface area contributed by atoms with E-state index in [1.54, 1.807) is 29.5 Å². The van der Waals surface area contributed by atoms with Crippen molar-refractivity contribution in [2.45, 2.75) is 18.4 Å². The van der Waals surface area contributed by atoms with Crippen LogP contribution in [0, 0.1) is 0 Å². The van der Waals surface area contributed by atoms with Crippen LogP contribution in [0.25, 0.3) is 10.6 Å². The molecule has 10 heteroatoms. The maximum atomic E-state index is 12.2. The molecule has 0 saturated carbocycles. The minimum Gasteiger partial charge on any atom is -0.351 e. The zero-order chi connectivity index (χ0) is 20.1. The molecule has 0 spiro atoms. The second-order valence-corrected chi connectivity index (χ2v) is 9.51. The van der Waals surface area contributed by atoms with Gasteiger partial charge in [0, 0.05) is 27.1 Å². The van der Waals surface area contributed by atoms with Crippen molar-refractivity contribution >= 4 is 74.6 Å². The minimum atomic E-state index is -0.167. The SMILES string of the molecule is CC(=O)NCc1ccc(-c2csc(NC(=O)CSc3cc(Cl)ccc3Cl)n2)s1. The Bertz CT molecular complexity index is 1000. The Balaban J connectivity index is 1.56. The molecule has 0 saturated heterocycles. The van der Waals surface area contributed by atoms with Gasteiger partial charge in [-0.2, -0.15) is 0 Å². The lowest BCUT2D eigenvalue weighted by Crippen LogP contribution is -2.17. The van der Waals surface area contributed by atoms with Gasteiger partial charge in [0.2, 0.25) is 11.8 Å². The van der Waals surface area contributed by atoms with Crippen molar-refractivity contribution in [2.75, 3.05) is 11.1 Å². The molecule has 2 aromatic heterocycles. The lowest BCUT2D eigenvalue weighted by molar-refractivity contribution is -0.119. The summed E-state index contributed by atoms with van der Waals surface area (Å²) in [6.07, 6.45) is 0. The van der Waals surface area contributed by atoms with Gasteiger partial charge in [-0.1, -0.05) is 23.2 Å². The van der Waals surface area contributed by atoms with Crippen molar-refractivity contribution in [1.29, 1.82) is 0 Å². The number of aromatic nitrogens is 1. The number of carbonyl (C=O) groups excluding carboxylic acids is 2. The molecular weight excluding hydrogens is 457 g/mol. The third kappa shape index (κ3) is 5.96. The Kier molecular flexibility index (Phi) is 7.36. The van der Waals surface area contributed by atoms with E-state index in [9.17, 15) is 9.59 Å². The van der Waals surface area contributed by atoms with Crippen molar-refractivity contribution < 1.29 is 9.59 Å². The topological polar surface area (TPSA) is 71.1 Å². The number of hydrogen-bond acceptors (Lipinski definition) is 6. The van der Waals surface area contributed by atoms with Gasteiger partial charge in [0.05, 0.1) is 27.9 Å². The molecule has 2 N–H and O–H groups in total. The molecule has 0 aliphatic heterocycles. The van der Waals surface area contributed by atoms with E-state index >= 15 is 0 Å². The van der Waals surface area contributed by atoms with Gasteiger partial charge in [-0.05, 0) is 30.3 Å². The maximum Gasteiger partial charge on any atom is 0.236 e. The fourth-order valence-electron chi connectivity index (χ4n) is 2.15. The molecule has 28 heavy (non-hydrogen) atoms. The first-order valence-corrected chi connectivity index (χ1v) is 11.5. The minimum absolute atomic E-state index is 0.0643. The molecule has 3 aromatic rings. The highest BCUT2D eigenvalue weighted by atomic mass is 35.5. The first-order chi connectivity index (χ1) is 13.4. The number of thiazole rings is 1. The molecule has 146 valence electrons. The van der Waals surface area contributed by atoms with Crippen molar-refractivity contribution in [3.05, 3.63) is 50.6 Å². The van der Waals surface area contributed by atoms with Crippen LogP contribution in [0.1, 0.15) is 11.8 Å². The summed E-state index contributed by atoms with van der Waals surface area (Å²) in [5.41, 5.74) is 0.796. The van der Waals surface area contributed by atoms with Crippen LogP contribution < -0.4 is 10.6 Å². The normalized spacial score (nSPS) is 10.7. The summed E-state index contributed by atoms with van der Waals surface area (Å²) in [5, 5.41) is 9.14. The Morgan fingerprint density at radius 3 is 2.82 bits per heavy atom. The van der Waals surface area contributed by atoms with Crippen LogP contribution in [-0.4, -0.2) is 22.6 Å². The predicted molar refractivity (Wildman–Crippen MR) is 119 cm³/mol. The molecule has 0 fully saturated rings. The van der Waals surface area contributed by atoms with Crippen molar-refractivity contribution in [3.8, 4) is 10.6 Å². The lowest BCUT2D eigenvalue weighted by atomic mass is 10.3. The number of thioether (sulfide) groups is 1. The van der Waals surface area contributed by atoms with Crippen molar-refractivity contribution in [3.63, 3.8) is 0 Å². The number of amides is 2. The van der Waals surface area contributed by atoms with Gasteiger partial charge in [-0.15, -0.1) is 34.4 Å². The number of benzene rings is 1. The number of thiophene rings is 1. The Morgan fingerprint density at radius 1 is 1.21 bits per heavy atom. The number of halogens is 2. The van der Waals surface area contributed by atoms with Gasteiger partial charge < -0.3 is 10.6 Å². The molecule has 0 aliphatic rings. The fraction of sp³-hybridized carbons (Fsp3) is 0.167. The van der Waals surface area contributed by atoms with Crippen LogP contribution in [-0.2, 0) is 16.1 Å². The van der Waals surface area contributed by atoms with Crippen LogP contribution in [0.4, 0.5) is 5.13 Å². The Labute approximate surface area is 184 Å². The van der Waals surface area contributed by atoms with Crippen LogP contribution >= 0.6 is 57.6 Å². The van der Waals surface area contributed by atoms with Gasteiger partial charge >= 0.3 is 0 Å².